The Bertz CT molecular complexity index is 786. The number of amides is 1. The largest absolute Gasteiger partial charge is 0.306 e. The summed E-state index contributed by atoms with van der Waals surface area (Å²) in [6.07, 6.45) is 10.4. The minimum atomic E-state index is -1.87. The van der Waals surface area contributed by atoms with Crippen molar-refractivity contribution >= 4 is 33.5 Å². The van der Waals surface area contributed by atoms with Crippen LogP contribution in [0.1, 0.15) is 23.5 Å². The van der Waals surface area contributed by atoms with Crippen molar-refractivity contribution in [1.29, 1.82) is 0 Å². The second-order valence-electron chi connectivity index (χ2n) is 5.76. The zero-order valence-electron chi connectivity index (χ0n) is 13.4. The van der Waals surface area contributed by atoms with Crippen LogP contribution in [0.2, 0.25) is 0 Å². The normalized spacial score (nSPS) is 16.0. The van der Waals surface area contributed by atoms with Gasteiger partial charge >= 0.3 is 0 Å². The van der Waals surface area contributed by atoms with Gasteiger partial charge < -0.3 is 9.87 Å². The molecule has 2 atom stereocenters. The van der Waals surface area contributed by atoms with Gasteiger partial charge in [0, 0.05) is 11.6 Å². The average Bonchev–Trinajstić information content (AvgIpc) is 3.26. The quantitative estimate of drug-likeness (QED) is 0.724. The number of allylic oxidation sites excluding steroid dienone is 4. The van der Waals surface area contributed by atoms with Crippen molar-refractivity contribution in [2.45, 2.75) is 18.1 Å². The van der Waals surface area contributed by atoms with E-state index in [1.807, 2.05) is 29.7 Å². The van der Waals surface area contributed by atoms with E-state index in [1.54, 1.807) is 18.3 Å². The Hall–Kier alpha value is -2.09. The van der Waals surface area contributed by atoms with Crippen LogP contribution in [0.25, 0.3) is 0 Å². The van der Waals surface area contributed by atoms with E-state index in [2.05, 4.69) is 22.5 Å². The smallest absolute Gasteiger partial charge is 0.233 e. The van der Waals surface area contributed by atoms with Gasteiger partial charge in [-0.15, -0.1) is 11.3 Å². The third-order valence-corrected chi connectivity index (χ3v) is 5.26. The molecule has 5 nitrogen and oxygen atoms in total. The maximum Gasteiger partial charge on any atom is 0.233 e. The topological polar surface area (TPSA) is 79.3 Å². The molecule has 130 valence electrons. The summed E-state index contributed by atoms with van der Waals surface area (Å²) in [5.41, 5.74) is 1.65. The monoisotopic (exact) mass is 374 g/mol. The van der Waals surface area contributed by atoms with Gasteiger partial charge in [0.25, 0.3) is 0 Å². The fourth-order valence-corrected chi connectivity index (χ4v) is 3.78. The van der Waals surface area contributed by atoms with Gasteiger partial charge in [-0.3, -0.25) is 4.79 Å². The molecule has 0 radical (unpaired) electrons. The van der Waals surface area contributed by atoms with E-state index in [0.717, 1.165) is 11.1 Å². The van der Waals surface area contributed by atoms with Crippen LogP contribution < -0.4 is 5.32 Å². The summed E-state index contributed by atoms with van der Waals surface area (Å²) >= 11 is -0.489. The molecule has 0 fully saturated rings. The Labute approximate surface area is 152 Å². The number of carbonyl (C=O) groups excluding carboxylic acids is 1. The molecular formula is C18H18N2O3S2. The number of hydrogen-bond acceptors (Lipinski definition) is 4. The maximum absolute atomic E-state index is 12.8. The van der Waals surface area contributed by atoms with Gasteiger partial charge in [-0.25, -0.2) is 9.19 Å². The Kier molecular flexibility index (Phi) is 5.91. The number of nitrogens with one attached hydrogen (secondary N) is 1. The highest BCUT2D eigenvalue weighted by molar-refractivity contribution is 7.78. The van der Waals surface area contributed by atoms with Crippen molar-refractivity contribution in [3.8, 4) is 0 Å². The van der Waals surface area contributed by atoms with Crippen molar-refractivity contribution in [2.75, 3.05) is 5.32 Å². The Morgan fingerprint density at radius 2 is 2.00 bits per heavy atom. The van der Waals surface area contributed by atoms with Crippen LogP contribution in [0.3, 0.4) is 0 Å². The Morgan fingerprint density at radius 1 is 1.28 bits per heavy atom. The number of carbonyl (C=O) groups is 1. The molecule has 25 heavy (non-hydrogen) atoms. The Morgan fingerprint density at radius 3 is 2.60 bits per heavy atom. The molecule has 1 heterocycles. The van der Waals surface area contributed by atoms with E-state index < -0.39 is 11.1 Å². The van der Waals surface area contributed by atoms with E-state index in [0.29, 0.717) is 11.6 Å². The number of benzene rings is 1. The summed E-state index contributed by atoms with van der Waals surface area (Å²) in [6, 6.07) is 7.31. The maximum atomic E-state index is 12.8. The minimum absolute atomic E-state index is 0.0877. The van der Waals surface area contributed by atoms with Gasteiger partial charge in [-0.2, -0.15) is 0 Å². The number of nitrogens with zero attached hydrogens (tertiary/aromatic N) is 1. The fourth-order valence-electron chi connectivity index (χ4n) is 2.77. The van der Waals surface area contributed by atoms with Crippen molar-refractivity contribution in [1.82, 2.24) is 4.98 Å². The second-order valence-corrected chi connectivity index (χ2v) is 7.58. The molecule has 2 aromatic rings. The first-order valence-electron chi connectivity index (χ1n) is 7.83. The molecule has 1 aromatic heterocycles. The number of aromatic nitrogens is 1. The van der Waals surface area contributed by atoms with E-state index in [-0.39, 0.29) is 23.5 Å². The first-order valence-corrected chi connectivity index (χ1v) is 9.99. The van der Waals surface area contributed by atoms with Crippen molar-refractivity contribution in [3.63, 3.8) is 0 Å². The highest BCUT2D eigenvalue weighted by atomic mass is 32.2. The van der Waals surface area contributed by atoms with Gasteiger partial charge in [0.05, 0.1) is 11.7 Å². The van der Waals surface area contributed by atoms with Crippen LogP contribution >= 0.6 is 11.3 Å². The van der Waals surface area contributed by atoms with Gasteiger partial charge in [0.2, 0.25) is 5.91 Å². The van der Waals surface area contributed by atoms with E-state index in [9.17, 15) is 9.00 Å². The second kappa shape index (κ2) is 8.33. The lowest BCUT2D eigenvalue weighted by atomic mass is 9.88. The predicted molar refractivity (Wildman–Crippen MR) is 101 cm³/mol. The van der Waals surface area contributed by atoms with Crippen LogP contribution in [0.15, 0.2) is 60.1 Å². The summed E-state index contributed by atoms with van der Waals surface area (Å²) in [7, 11) is 0. The van der Waals surface area contributed by atoms with Gasteiger partial charge in [0.1, 0.15) is 0 Å². The molecule has 0 saturated heterocycles. The molecule has 0 spiro atoms. The summed E-state index contributed by atoms with van der Waals surface area (Å²) in [5, 5.41) is 5.27. The molecular weight excluding hydrogens is 356 g/mol. The summed E-state index contributed by atoms with van der Waals surface area (Å²) in [5.74, 6) is -0.113. The predicted octanol–water partition coefficient (Wildman–Crippen LogP) is 3.72. The summed E-state index contributed by atoms with van der Waals surface area (Å²) in [4.78, 5) is 16.9. The standard InChI is InChI=1S/C18H18N2O3S2/c21-17(20-18-19-9-10-24-18)16(11-13-3-1-2-4-13)15-7-5-14(6-8-15)12-25(22)23/h1-10,13,16H,11-12H2,(H,22,23)(H,19,20,21). The van der Waals surface area contributed by atoms with Crippen molar-refractivity contribution in [2.24, 2.45) is 5.92 Å². The van der Waals surface area contributed by atoms with Gasteiger partial charge in [0.15, 0.2) is 16.2 Å². The lowest BCUT2D eigenvalue weighted by Gasteiger charge is -2.19. The van der Waals surface area contributed by atoms with Crippen LogP contribution in [0.4, 0.5) is 5.13 Å². The lowest BCUT2D eigenvalue weighted by Crippen LogP contribution is -2.22. The molecule has 0 aliphatic heterocycles. The van der Waals surface area contributed by atoms with Gasteiger partial charge in [-0.05, 0) is 23.5 Å². The molecule has 0 saturated carbocycles. The molecule has 7 heteroatoms. The van der Waals surface area contributed by atoms with Crippen molar-refractivity contribution in [3.05, 3.63) is 71.3 Å². The zero-order valence-corrected chi connectivity index (χ0v) is 15.0. The molecule has 1 amide bonds. The number of hydrogen-bond donors (Lipinski definition) is 2. The highest BCUT2D eigenvalue weighted by Gasteiger charge is 2.24. The van der Waals surface area contributed by atoms with Gasteiger partial charge in [-0.1, -0.05) is 48.6 Å². The number of rotatable bonds is 7. The third-order valence-electron chi connectivity index (χ3n) is 3.99. The van der Waals surface area contributed by atoms with Crippen LogP contribution in [-0.4, -0.2) is 19.7 Å². The van der Waals surface area contributed by atoms with Crippen LogP contribution in [0.5, 0.6) is 0 Å². The summed E-state index contributed by atoms with van der Waals surface area (Å²) in [6.45, 7) is 0. The first kappa shape index (κ1) is 17.7. The molecule has 1 aliphatic rings. The molecule has 1 aliphatic carbocycles. The first-order chi connectivity index (χ1) is 12.1. The molecule has 2 N–H and O–H groups in total. The van der Waals surface area contributed by atoms with E-state index in [4.69, 9.17) is 4.55 Å². The Balaban J connectivity index is 1.79. The zero-order chi connectivity index (χ0) is 17.6. The van der Waals surface area contributed by atoms with Crippen LogP contribution in [0, 0.1) is 5.92 Å². The minimum Gasteiger partial charge on any atom is -0.306 e. The molecule has 2 unspecified atom stereocenters. The molecule has 0 bridgehead atoms. The average molecular weight is 374 g/mol. The molecule has 1 aromatic carbocycles. The van der Waals surface area contributed by atoms with E-state index >= 15 is 0 Å². The number of anilines is 1. The van der Waals surface area contributed by atoms with Crippen molar-refractivity contribution < 1.29 is 13.6 Å². The van der Waals surface area contributed by atoms with E-state index in [1.165, 1.54) is 11.3 Å². The fraction of sp³-hybridized carbons (Fsp3) is 0.222. The molecule has 3 rings (SSSR count). The number of thiazole rings is 1. The summed E-state index contributed by atoms with van der Waals surface area (Å²) < 4.78 is 19.9. The highest BCUT2D eigenvalue weighted by Crippen LogP contribution is 2.29. The lowest BCUT2D eigenvalue weighted by molar-refractivity contribution is -0.117. The third kappa shape index (κ3) is 4.94. The van der Waals surface area contributed by atoms with Crippen LogP contribution in [-0.2, 0) is 21.6 Å². The SMILES string of the molecule is O=C(Nc1nccs1)C(CC1C=CC=C1)c1ccc(CS(=O)O)cc1.